The van der Waals surface area contributed by atoms with Gasteiger partial charge in [0.05, 0.1) is 25.6 Å². The second-order valence-corrected chi connectivity index (χ2v) is 5.75. The Bertz CT molecular complexity index is 751. The Balaban J connectivity index is 1.49. The number of anilines is 2. The van der Waals surface area contributed by atoms with Gasteiger partial charge in [-0.15, -0.1) is 0 Å². The van der Waals surface area contributed by atoms with Crippen molar-refractivity contribution in [3.63, 3.8) is 0 Å². The lowest BCUT2D eigenvalue weighted by Gasteiger charge is -2.26. The van der Waals surface area contributed by atoms with E-state index in [1.807, 2.05) is 0 Å². The molecule has 9 heteroatoms. The van der Waals surface area contributed by atoms with E-state index in [-0.39, 0.29) is 11.6 Å². The summed E-state index contributed by atoms with van der Waals surface area (Å²) in [5.74, 6) is -1.88. The van der Waals surface area contributed by atoms with Gasteiger partial charge in [0.25, 0.3) is 5.91 Å². The van der Waals surface area contributed by atoms with Crippen LogP contribution in [0, 0.1) is 11.6 Å². The van der Waals surface area contributed by atoms with Crippen LogP contribution in [0.1, 0.15) is 10.5 Å². The number of carbonyl (C=O) groups is 1. The van der Waals surface area contributed by atoms with Crippen molar-refractivity contribution in [1.82, 2.24) is 20.2 Å². The van der Waals surface area contributed by atoms with Crippen molar-refractivity contribution in [1.29, 1.82) is 0 Å². The van der Waals surface area contributed by atoms with E-state index in [0.717, 1.165) is 31.8 Å². The monoisotopic (exact) mass is 363 g/mol. The van der Waals surface area contributed by atoms with Gasteiger partial charge in [0, 0.05) is 37.9 Å². The molecule has 0 aliphatic carbocycles. The fourth-order valence-electron chi connectivity index (χ4n) is 2.47. The Labute approximate surface area is 149 Å². The number of hydrogen-bond acceptors (Lipinski definition) is 6. The Morgan fingerprint density at radius 2 is 1.96 bits per heavy atom. The van der Waals surface area contributed by atoms with Gasteiger partial charge in [-0.2, -0.15) is 0 Å². The predicted molar refractivity (Wildman–Crippen MR) is 91.3 cm³/mol. The van der Waals surface area contributed by atoms with Gasteiger partial charge in [0.2, 0.25) is 0 Å². The number of morpholine rings is 1. The topological polar surface area (TPSA) is 79.4 Å². The van der Waals surface area contributed by atoms with E-state index in [0.29, 0.717) is 31.3 Å². The van der Waals surface area contributed by atoms with Gasteiger partial charge in [-0.25, -0.2) is 18.7 Å². The maximum atomic E-state index is 13.2. The second kappa shape index (κ2) is 8.63. The highest BCUT2D eigenvalue weighted by molar-refractivity contribution is 5.92. The zero-order valence-electron chi connectivity index (χ0n) is 14.0. The largest absolute Gasteiger partial charge is 0.379 e. The summed E-state index contributed by atoms with van der Waals surface area (Å²) in [7, 11) is 0. The molecule has 1 aromatic heterocycles. The number of aromatic nitrogens is 2. The molecule has 138 valence electrons. The molecule has 3 rings (SSSR count). The number of halogens is 2. The standard InChI is InChI=1S/C17H19F2N5O2/c18-13-2-1-12(9-14(13)19)23-16-11-21-15(10-22-16)17(25)20-3-4-24-5-7-26-8-6-24/h1-2,9-11H,3-8H2,(H,20,25)(H,22,23). The fraction of sp³-hybridized carbons (Fsp3) is 0.353. The van der Waals surface area contributed by atoms with Crippen molar-refractivity contribution in [2.75, 3.05) is 44.7 Å². The zero-order valence-corrected chi connectivity index (χ0v) is 14.0. The molecule has 1 fully saturated rings. The van der Waals surface area contributed by atoms with Crippen molar-refractivity contribution >= 4 is 17.4 Å². The maximum Gasteiger partial charge on any atom is 0.271 e. The highest BCUT2D eigenvalue weighted by atomic mass is 19.2. The molecule has 0 spiro atoms. The number of ether oxygens (including phenoxy) is 1. The van der Waals surface area contributed by atoms with E-state index >= 15 is 0 Å². The van der Waals surface area contributed by atoms with Crippen molar-refractivity contribution in [3.8, 4) is 0 Å². The Morgan fingerprint density at radius 1 is 1.15 bits per heavy atom. The molecule has 2 aromatic rings. The molecule has 1 aliphatic heterocycles. The molecule has 2 N–H and O–H groups in total. The van der Waals surface area contributed by atoms with E-state index < -0.39 is 11.6 Å². The number of hydrogen-bond donors (Lipinski definition) is 2. The minimum absolute atomic E-state index is 0.183. The minimum atomic E-state index is -0.959. The maximum absolute atomic E-state index is 13.2. The smallest absolute Gasteiger partial charge is 0.271 e. The molecule has 26 heavy (non-hydrogen) atoms. The van der Waals surface area contributed by atoms with Gasteiger partial charge in [-0.1, -0.05) is 0 Å². The van der Waals surface area contributed by atoms with Gasteiger partial charge < -0.3 is 15.4 Å². The third-order valence-electron chi connectivity index (χ3n) is 3.89. The lowest BCUT2D eigenvalue weighted by molar-refractivity contribution is 0.0383. The van der Waals surface area contributed by atoms with E-state index in [2.05, 4.69) is 25.5 Å². The normalized spacial score (nSPS) is 14.8. The summed E-state index contributed by atoms with van der Waals surface area (Å²) in [6.45, 7) is 4.41. The summed E-state index contributed by atoms with van der Waals surface area (Å²) >= 11 is 0. The van der Waals surface area contributed by atoms with Crippen LogP contribution in [-0.4, -0.2) is 60.2 Å². The fourth-order valence-corrected chi connectivity index (χ4v) is 2.47. The molecule has 0 unspecified atom stereocenters. The number of amides is 1. The molecule has 7 nitrogen and oxygen atoms in total. The number of nitrogens with zero attached hydrogens (tertiary/aromatic N) is 3. The van der Waals surface area contributed by atoms with Crippen LogP contribution in [0.3, 0.4) is 0 Å². The first kappa shape index (κ1) is 18.2. The first-order valence-corrected chi connectivity index (χ1v) is 8.24. The molecule has 2 heterocycles. The number of rotatable bonds is 6. The number of nitrogens with one attached hydrogen (secondary N) is 2. The second-order valence-electron chi connectivity index (χ2n) is 5.75. The molecule has 0 atom stereocenters. The molecule has 1 saturated heterocycles. The Hall–Kier alpha value is -2.65. The van der Waals surface area contributed by atoms with E-state index in [1.54, 1.807) is 0 Å². The lowest BCUT2D eigenvalue weighted by atomic mass is 10.3. The highest BCUT2D eigenvalue weighted by Gasteiger charge is 2.12. The summed E-state index contributed by atoms with van der Waals surface area (Å²) < 4.78 is 31.4. The van der Waals surface area contributed by atoms with Crippen molar-refractivity contribution in [2.45, 2.75) is 0 Å². The highest BCUT2D eigenvalue weighted by Crippen LogP contribution is 2.16. The third kappa shape index (κ3) is 4.93. The predicted octanol–water partition coefficient (Wildman–Crippen LogP) is 1.56. The van der Waals surface area contributed by atoms with Gasteiger partial charge in [0.15, 0.2) is 11.6 Å². The summed E-state index contributed by atoms with van der Waals surface area (Å²) in [5, 5.41) is 5.59. The summed E-state index contributed by atoms with van der Waals surface area (Å²) in [5.41, 5.74) is 0.517. The van der Waals surface area contributed by atoms with Crippen LogP contribution in [0.4, 0.5) is 20.3 Å². The molecular formula is C17H19F2N5O2. The number of benzene rings is 1. The van der Waals surface area contributed by atoms with Crippen LogP contribution >= 0.6 is 0 Å². The number of carbonyl (C=O) groups excluding carboxylic acids is 1. The molecule has 0 radical (unpaired) electrons. The Morgan fingerprint density at radius 3 is 2.65 bits per heavy atom. The molecule has 0 bridgehead atoms. The first-order valence-electron chi connectivity index (χ1n) is 8.24. The van der Waals surface area contributed by atoms with E-state index in [1.165, 1.54) is 18.5 Å². The van der Waals surface area contributed by atoms with Crippen LogP contribution in [0.25, 0.3) is 0 Å². The van der Waals surface area contributed by atoms with Crippen LogP contribution in [-0.2, 0) is 4.74 Å². The third-order valence-corrected chi connectivity index (χ3v) is 3.89. The average Bonchev–Trinajstić information content (AvgIpc) is 2.66. The summed E-state index contributed by atoms with van der Waals surface area (Å²) in [6, 6.07) is 3.41. The van der Waals surface area contributed by atoms with Crippen LogP contribution in [0.5, 0.6) is 0 Å². The molecular weight excluding hydrogens is 344 g/mol. The summed E-state index contributed by atoms with van der Waals surface area (Å²) in [6.07, 6.45) is 2.68. The van der Waals surface area contributed by atoms with Crippen LogP contribution in [0.2, 0.25) is 0 Å². The molecule has 0 saturated carbocycles. The molecule has 1 aliphatic rings. The average molecular weight is 363 g/mol. The lowest BCUT2D eigenvalue weighted by Crippen LogP contribution is -2.41. The SMILES string of the molecule is O=C(NCCN1CCOCC1)c1cnc(Nc2ccc(F)c(F)c2)cn1. The van der Waals surface area contributed by atoms with Crippen molar-refractivity contribution in [3.05, 3.63) is 47.9 Å². The van der Waals surface area contributed by atoms with Gasteiger partial charge in [-0.05, 0) is 12.1 Å². The summed E-state index contributed by atoms with van der Waals surface area (Å²) in [4.78, 5) is 22.4. The minimum Gasteiger partial charge on any atom is -0.379 e. The first-order chi connectivity index (χ1) is 12.6. The molecule has 1 amide bonds. The van der Waals surface area contributed by atoms with Crippen molar-refractivity contribution in [2.24, 2.45) is 0 Å². The van der Waals surface area contributed by atoms with Gasteiger partial charge in [0.1, 0.15) is 11.5 Å². The van der Waals surface area contributed by atoms with Gasteiger partial charge in [-0.3, -0.25) is 9.69 Å². The van der Waals surface area contributed by atoms with Crippen LogP contribution < -0.4 is 10.6 Å². The Kier molecular flexibility index (Phi) is 6.03. The molecule has 1 aromatic carbocycles. The quantitative estimate of drug-likeness (QED) is 0.811. The van der Waals surface area contributed by atoms with E-state index in [4.69, 9.17) is 4.74 Å². The zero-order chi connectivity index (χ0) is 18.4. The van der Waals surface area contributed by atoms with E-state index in [9.17, 15) is 13.6 Å². The van der Waals surface area contributed by atoms with Crippen molar-refractivity contribution < 1.29 is 18.3 Å². The van der Waals surface area contributed by atoms with Gasteiger partial charge >= 0.3 is 0 Å². The van der Waals surface area contributed by atoms with Crippen LogP contribution in [0.15, 0.2) is 30.6 Å².